The van der Waals surface area contributed by atoms with E-state index in [1.807, 2.05) is 18.2 Å². The van der Waals surface area contributed by atoms with E-state index in [1.165, 1.54) is 0 Å². The number of benzene rings is 1. The minimum absolute atomic E-state index is 0.0163. The number of piperidine rings is 1. The molecule has 4 rings (SSSR count). The second kappa shape index (κ2) is 7.96. The largest absolute Gasteiger partial charge is 0.347 e. The lowest BCUT2D eigenvalue weighted by Crippen LogP contribution is -2.48. The van der Waals surface area contributed by atoms with E-state index in [0.29, 0.717) is 23.7 Å². The van der Waals surface area contributed by atoms with Crippen molar-refractivity contribution < 1.29 is 9.59 Å². The Morgan fingerprint density at radius 2 is 1.86 bits per heavy atom. The number of rotatable bonds is 5. The number of nitrogens with zero attached hydrogens (tertiary/aromatic N) is 4. The highest BCUT2D eigenvalue weighted by Crippen LogP contribution is 2.33. The van der Waals surface area contributed by atoms with Crippen molar-refractivity contribution in [2.75, 3.05) is 29.9 Å². The number of carbonyl (C=O) groups excluding carboxylic acids is 2. The summed E-state index contributed by atoms with van der Waals surface area (Å²) < 4.78 is 0. The van der Waals surface area contributed by atoms with Gasteiger partial charge in [-0.25, -0.2) is 9.97 Å². The van der Waals surface area contributed by atoms with Gasteiger partial charge >= 0.3 is 0 Å². The zero-order valence-electron chi connectivity index (χ0n) is 16.0. The van der Waals surface area contributed by atoms with Gasteiger partial charge in [0.05, 0.1) is 11.3 Å². The first kappa shape index (κ1) is 18.4. The summed E-state index contributed by atoms with van der Waals surface area (Å²) in [6.07, 6.45) is 7.22. The molecule has 1 unspecified atom stereocenters. The minimum atomic E-state index is -0.146. The fraction of sp³-hybridized carbons (Fsp3) is 0.429. The Balaban J connectivity index is 1.46. The molecule has 1 saturated carbocycles. The van der Waals surface area contributed by atoms with E-state index in [9.17, 15) is 9.59 Å². The lowest BCUT2D eigenvalue weighted by molar-refractivity contribution is -0.119. The van der Waals surface area contributed by atoms with E-state index in [-0.39, 0.29) is 23.8 Å². The van der Waals surface area contributed by atoms with Crippen molar-refractivity contribution in [2.24, 2.45) is 5.92 Å². The summed E-state index contributed by atoms with van der Waals surface area (Å²) >= 11 is 0. The molecule has 1 atom stereocenters. The highest BCUT2D eigenvalue weighted by atomic mass is 16.2. The molecule has 1 saturated heterocycles. The van der Waals surface area contributed by atoms with Gasteiger partial charge in [-0.1, -0.05) is 12.1 Å². The van der Waals surface area contributed by atoms with Crippen LogP contribution in [0.15, 0.2) is 42.7 Å². The Kier molecular flexibility index (Phi) is 5.23. The molecule has 28 heavy (non-hydrogen) atoms. The van der Waals surface area contributed by atoms with Gasteiger partial charge in [-0.15, -0.1) is 0 Å². The zero-order valence-corrected chi connectivity index (χ0v) is 16.0. The number of hydrogen-bond donors (Lipinski definition) is 1. The molecule has 1 aliphatic carbocycles. The second-order valence-corrected chi connectivity index (χ2v) is 7.50. The maximum absolute atomic E-state index is 13.0. The van der Waals surface area contributed by atoms with E-state index < -0.39 is 0 Å². The lowest BCUT2D eigenvalue weighted by Gasteiger charge is -2.33. The van der Waals surface area contributed by atoms with Crippen LogP contribution >= 0.6 is 0 Å². The fourth-order valence-electron chi connectivity index (χ4n) is 3.68. The lowest BCUT2D eigenvalue weighted by atomic mass is 10.0. The molecule has 7 heteroatoms. The highest BCUT2D eigenvalue weighted by molar-refractivity contribution is 6.05. The topological polar surface area (TPSA) is 78.4 Å². The molecule has 146 valence electrons. The second-order valence-electron chi connectivity index (χ2n) is 7.50. The molecule has 1 N–H and O–H groups in total. The van der Waals surface area contributed by atoms with Crippen LogP contribution in [0.4, 0.5) is 11.6 Å². The molecule has 1 aliphatic heterocycles. The van der Waals surface area contributed by atoms with Crippen molar-refractivity contribution >= 4 is 23.5 Å². The van der Waals surface area contributed by atoms with E-state index in [4.69, 9.17) is 0 Å². The van der Waals surface area contributed by atoms with E-state index in [0.717, 1.165) is 32.2 Å². The van der Waals surface area contributed by atoms with Crippen LogP contribution in [0.2, 0.25) is 0 Å². The van der Waals surface area contributed by atoms with Crippen LogP contribution in [0.25, 0.3) is 0 Å². The molecule has 1 aromatic heterocycles. The predicted octanol–water partition coefficient (Wildman–Crippen LogP) is 2.25. The molecule has 0 radical (unpaired) electrons. The van der Waals surface area contributed by atoms with Gasteiger partial charge in [-0.2, -0.15) is 0 Å². The Hall–Kier alpha value is -2.96. The number of aromatic nitrogens is 2. The highest BCUT2D eigenvalue weighted by Gasteiger charge is 2.33. The van der Waals surface area contributed by atoms with Crippen LogP contribution in [-0.2, 0) is 4.79 Å². The van der Waals surface area contributed by atoms with Crippen molar-refractivity contribution in [1.29, 1.82) is 0 Å². The molecule has 0 spiro atoms. The van der Waals surface area contributed by atoms with Crippen molar-refractivity contribution in [1.82, 2.24) is 15.3 Å². The average molecular weight is 379 g/mol. The van der Waals surface area contributed by atoms with Gasteiger partial charge in [-0.05, 0) is 43.9 Å². The first-order chi connectivity index (χ1) is 13.6. The summed E-state index contributed by atoms with van der Waals surface area (Å²) in [5.74, 6) is 0.743. The van der Waals surface area contributed by atoms with Crippen LogP contribution in [0.3, 0.4) is 0 Å². The Labute approximate surface area is 164 Å². The van der Waals surface area contributed by atoms with Gasteiger partial charge < -0.3 is 15.1 Å². The van der Waals surface area contributed by atoms with Crippen molar-refractivity contribution in [3.8, 4) is 0 Å². The van der Waals surface area contributed by atoms with Gasteiger partial charge in [0.25, 0.3) is 5.91 Å². The third kappa shape index (κ3) is 3.98. The van der Waals surface area contributed by atoms with Crippen LogP contribution in [0.5, 0.6) is 0 Å². The summed E-state index contributed by atoms with van der Waals surface area (Å²) in [5, 5.41) is 3.14. The smallest absolute Gasteiger partial charge is 0.253 e. The predicted molar refractivity (Wildman–Crippen MR) is 107 cm³/mol. The first-order valence-corrected chi connectivity index (χ1v) is 9.83. The number of anilines is 2. The molecule has 2 fully saturated rings. The standard InChI is InChI=1S/C21H25N5O2/c1-25(20(28)15-9-10-15)18-8-3-2-7-17(18)19(27)24-16-6-4-13-26(14-16)21-22-11-5-12-23-21/h2-3,5,7-8,11-12,15-16H,4,6,9-10,13-14H2,1H3,(H,24,27). The first-order valence-electron chi connectivity index (χ1n) is 9.83. The molecule has 0 bridgehead atoms. The SMILES string of the molecule is CN(C(=O)C1CC1)c1ccccc1C(=O)NC1CCCN(c2ncccn2)C1. The summed E-state index contributed by atoms with van der Waals surface area (Å²) in [5.41, 5.74) is 1.20. The van der Waals surface area contributed by atoms with Crippen LogP contribution in [0.1, 0.15) is 36.0 Å². The third-order valence-corrected chi connectivity index (χ3v) is 5.36. The van der Waals surface area contributed by atoms with E-state index in [2.05, 4.69) is 20.2 Å². The number of carbonyl (C=O) groups is 2. The molecule has 2 amide bonds. The van der Waals surface area contributed by atoms with Gasteiger partial charge in [0.1, 0.15) is 0 Å². The minimum Gasteiger partial charge on any atom is -0.347 e. The summed E-state index contributed by atoms with van der Waals surface area (Å²) in [6.45, 7) is 1.56. The summed E-state index contributed by atoms with van der Waals surface area (Å²) in [6, 6.07) is 9.12. The quantitative estimate of drug-likeness (QED) is 0.862. The molecular weight excluding hydrogens is 354 g/mol. The summed E-state index contributed by atoms with van der Waals surface area (Å²) in [4.78, 5) is 37.8. The summed E-state index contributed by atoms with van der Waals surface area (Å²) in [7, 11) is 1.75. The monoisotopic (exact) mass is 379 g/mol. The molecule has 2 heterocycles. The van der Waals surface area contributed by atoms with Gasteiger partial charge in [-0.3, -0.25) is 9.59 Å². The van der Waals surface area contributed by atoms with Crippen LogP contribution in [-0.4, -0.2) is 48.0 Å². The van der Waals surface area contributed by atoms with Crippen molar-refractivity contribution in [3.05, 3.63) is 48.3 Å². The van der Waals surface area contributed by atoms with Crippen molar-refractivity contribution in [2.45, 2.75) is 31.7 Å². The third-order valence-electron chi connectivity index (χ3n) is 5.36. The molecule has 2 aromatic rings. The maximum atomic E-state index is 13.0. The van der Waals surface area contributed by atoms with Crippen LogP contribution in [0, 0.1) is 5.92 Å². The Morgan fingerprint density at radius 3 is 2.61 bits per heavy atom. The molecule has 2 aliphatic rings. The van der Waals surface area contributed by atoms with E-state index in [1.54, 1.807) is 36.5 Å². The number of para-hydroxylation sites is 1. The molecule has 7 nitrogen and oxygen atoms in total. The van der Waals surface area contributed by atoms with E-state index >= 15 is 0 Å². The maximum Gasteiger partial charge on any atom is 0.253 e. The van der Waals surface area contributed by atoms with Crippen molar-refractivity contribution in [3.63, 3.8) is 0 Å². The molecular formula is C21H25N5O2. The number of nitrogens with one attached hydrogen (secondary N) is 1. The Bertz CT molecular complexity index is 853. The van der Waals surface area contributed by atoms with Crippen LogP contribution < -0.4 is 15.1 Å². The molecule has 1 aromatic carbocycles. The van der Waals surface area contributed by atoms with Gasteiger partial charge in [0.2, 0.25) is 11.9 Å². The number of amides is 2. The zero-order chi connectivity index (χ0) is 19.5. The van der Waals surface area contributed by atoms with Gasteiger partial charge in [0, 0.05) is 44.5 Å². The Morgan fingerprint density at radius 1 is 1.11 bits per heavy atom. The van der Waals surface area contributed by atoms with Gasteiger partial charge in [0.15, 0.2) is 0 Å². The number of hydrogen-bond acceptors (Lipinski definition) is 5. The fourth-order valence-corrected chi connectivity index (χ4v) is 3.68. The normalized spacial score (nSPS) is 19.2. The average Bonchev–Trinajstić information content (AvgIpc) is 3.59.